The van der Waals surface area contributed by atoms with Crippen LogP contribution < -0.4 is 26.3 Å². The number of nitrogens with one attached hydrogen (secondary N) is 1. The van der Waals surface area contributed by atoms with E-state index in [0.29, 0.717) is 54.4 Å². The maximum Gasteiger partial charge on any atom is 0.322 e. The van der Waals surface area contributed by atoms with Gasteiger partial charge in [-0.05, 0) is 30.2 Å². The highest BCUT2D eigenvalue weighted by atomic mass is 16.5. The van der Waals surface area contributed by atoms with Crippen molar-refractivity contribution in [3.05, 3.63) is 59.3 Å². The number of urea groups is 1. The topological polar surface area (TPSA) is 123 Å². The average Bonchev–Trinajstić information content (AvgIpc) is 3.12. The van der Waals surface area contributed by atoms with Gasteiger partial charge in [-0.2, -0.15) is 0 Å². The van der Waals surface area contributed by atoms with Gasteiger partial charge >= 0.3 is 6.03 Å². The Hall–Kier alpha value is -3.88. The quantitative estimate of drug-likeness (QED) is 0.600. The predicted molar refractivity (Wildman–Crippen MR) is 126 cm³/mol. The van der Waals surface area contributed by atoms with Gasteiger partial charge in [0.2, 0.25) is 5.91 Å². The fraction of sp³-hybridized carbons (Fsp3) is 0.333. The molecule has 2 aromatic carbocycles. The molecule has 33 heavy (non-hydrogen) atoms. The van der Waals surface area contributed by atoms with Gasteiger partial charge < -0.3 is 36.1 Å². The first kappa shape index (κ1) is 22.3. The number of primary amides is 1. The number of nitrogens with two attached hydrogens (primary N) is 2. The number of methoxy groups -OCH3 is 2. The van der Waals surface area contributed by atoms with E-state index in [-0.39, 0.29) is 6.03 Å². The molecule has 4 rings (SSSR count). The maximum absolute atomic E-state index is 13.0. The third-order valence-electron chi connectivity index (χ3n) is 6.61. The van der Waals surface area contributed by atoms with Crippen molar-refractivity contribution in [3.63, 3.8) is 0 Å². The van der Waals surface area contributed by atoms with Crippen LogP contribution in [-0.4, -0.2) is 56.1 Å². The first-order valence-corrected chi connectivity index (χ1v) is 10.7. The lowest BCUT2D eigenvalue weighted by atomic mass is 9.83. The van der Waals surface area contributed by atoms with Crippen LogP contribution in [0.25, 0.3) is 0 Å². The van der Waals surface area contributed by atoms with Crippen LogP contribution in [0.3, 0.4) is 0 Å². The number of para-hydroxylation sites is 1. The molecule has 0 spiro atoms. The lowest BCUT2D eigenvalue weighted by Crippen LogP contribution is -2.51. The molecule has 1 unspecified atom stereocenters. The minimum Gasteiger partial charge on any atom is -0.493 e. The highest BCUT2D eigenvalue weighted by Crippen LogP contribution is 2.47. The van der Waals surface area contributed by atoms with Crippen LogP contribution in [0.5, 0.6) is 11.5 Å². The van der Waals surface area contributed by atoms with Crippen LogP contribution in [0, 0.1) is 0 Å². The summed E-state index contributed by atoms with van der Waals surface area (Å²) in [7, 11) is 4.94. The molecule has 2 aromatic rings. The smallest absolute Gasteiger partial charge is 0.322 e. The van der Waals surface area contributed by atoms with Crippen molar-refractivity contribution in [3.8, 4) is 11.5 Å². The Kier molecular flexibility index (Phi) is 5.80. The Bertz CT molecular complexity index is 1130. The van der Waals surface area contributed by atoms with E-state index in [2.05, 4.69) is 5.32 Å². The van der Waals surface area contributed by atoms with E-state index in [9.17, 15) is 9.59 Å². The zero-order valence-corrected chi connectivity index (χ0v) is 19.1. The molecule has 0 aliphatic carbocycles. The second-order valence-corrected chi connectivity index (χ2v) is 8.27. The van der Waals surface area contributed by atoms with E-state index in [0.717, 1.165) is 11.3 Å². The summed E-state index contributed by atoms with van der Waals surface area (Å²) in [6.07, 6.45) is 1.12. The molecule has 0 radical (unpaired) electrons. The number of anilines is 2. The minimum absolute atomic E-state index is 0.238. The first-order chi connectivity index (χ1) is 15.8. The highest BCUT2D eigenvalue weighted by molar-refractivity contribution is 5.91. The molecule has 2 aliphatic heterocycles. The van der Waals surface area contributed by atoms with E-state index in [1.54, 1.807) is 43.4 Å². The molecular weight excluding hydrogens is 422 g/mol. The lowest BCUT2D eigenvalue weighted by molar-refractivity contribution is -0.128. The lowest BCUT2D eigenvalue weighted by Gasteiger charge is -2.38. The number of rotatable bonds is 5. The number of carbonyl (C=O) groups excluding carboxylic acids is 2. The van der Waals surface area contributed by atoms with Crippen molar-refractivity contribution < 1.29 is 19.1 Å². The van der Waals surface area contributed by atoms with E-state index >= 15 is 0 Å². The average molecular weight is 452 g/mol. The summed E-state index contributed by atoms with van der Waals surface area (Å²) in [5.41, 5.74) is 15.0. The maximum atomic E-state index is 13.0. The molecule has 2 heterocycles. The Balaban J connectivity index is 1.55. The minimum atomic E-state index is -1.06. The van der Waals surface area contributed by atoms with Gasteiger partial charge in [0.15, 0.2) is 11.5 Å². The van der Waals surface area contributed by atoms with E-state index < -0.39 is 11.4 Å². The molecule has 5 N–H and O–H groups in total. The van der Waals surface area contributed by atoms with Gasteiger partial charge in [0, 0.05) is 48.7 Å². The summed E-state index contributed by atoms with van der Waals surface area (Å²) in [6.45, 7) is 0.900. The molecule has 1 atom stereocenters. The number of nitrogen functional groups attached to an aromatic ring is 1. The highest BCUT2D eigenvalue weighted by Gasteiger charge is 2.51. The molecule has 9 nitrogen and oxygen atoms in total. The summed E-state index contributed by atoms with van der Waals surface area (Å²) in [6, 6.07) is 12.3. The molecule has 9 heteroatoms. The Morgan fingerprint density at radius 1 is 1.09 bits per heavy atom. The summed E-state index contributed by atoms with van der Waals surface area (Å²) < 4.78 is 10.6. The molecule has 2 aliphatic rings. The molecular formula is C24H29N5O4. The molecule has 174 valence electrons. The largest absolute Gasteiger partial charge is 0.493 e. The molecule has 0 saturated heterocycles. The molecule has 0 fully saturated rings. The van der Waals surface area contributed by atoms with Crippen molar-refractivity contribution in [2.75, 3.05) is 45.4 Å². The van der Waals surface area contributed by atoms with E-state index in [4.69, 9.17) is 20.9 Å². The van der Waals surface area contributed by atoms with Crippen molar-refractivity contribution in [2.45, 2.75) is 18.4 Å². The van der Waals surface area contributed by atoms with Crippen LogP contribution in [0.15, 0.2) is 53.7 Å². The monoisotopic (exact) mass is 451 g/mol. The normalized spacial score (nSPS) is 19.8. The number of ether oxygens (including phenoxy) is 2. The number of likely N-dealkylation sites (N-methyl/N-ethyl adjacent to an activating group) is 1. The summed E-state index contributed by atoms with van der Waals surface area (Å²) in [4.78, 5) is 29.4. The summed E-state index contributed by atoms with van der Waals surface area (Å²) in [5.74, 6) is 0.651. The van der Waals surface area contributed by atoms with Crippen molar-refractivity contribution in [1.82, 2.24) is 9.80 Å². The molecule has 0 aromatic heterocycles. The number of carbonyl (C=O) groups is 2. The van der Waals surface area contributed by atoms with E-state index in [1.807, 2.05) is 30.1 Å². The number of hydrogen-bond donors (Lipinski definition) is 3. The van der Waals surface area contributed by atoms with Gasteiger partial charge in [0.05, 0.1) is 20.8 Å². The van der Waals surface area contributed by atoms with E-state index in [1.165, 1.54) is 0 Å². The van der Waals surface area contributed by atoms with Crippen LogP contribution in [0.1, 0.15) is 18.4 Å². The van der Waals surface area contributed by atoms with Crippen molar-refractivity contribution in [1.29, 1.82) is 0 Å². The van der Waals surface area contributed by atoms with Gasteiger partial charge in [-0.1, -0.05) is 18.2 Å². The van der Waals surface area contributed by atoms with Crippen LogP contribution in [0.4, 0.5) is 16.2 Å². The molecule has 3 amide bonds. The fourth-order valence-electron chi connectivity index (χ4n) is 4.80. The zero-order valence-electron chi connectivity index (χ0n) is 19.1. The summed E-state index contributed by atoms with van der Waals surface area (Å²) >= 11 is 0. The van der Waals surface area contributed by atoms with Gasteiger partial charge in [-0.25, -0.2) is 4.79 Å². The van der Waals surface area contributed by atoms with Crippen LogP contribution in [0.2, 0.25) is 0 Å². The summed E-state index contributed by atoms with van der Waals surface area (Å²) in [5, 5.41) is 2.92. The Morgan fingerprint density at radius 3 is 2.48 bits per heavy atom. The first-order valence-electron chi connectivity index (χ1n) is 10.7. The van der Waals surface area contributed by atoms with Gasteiger partial charge in [-0.15, -0.1) is 0 Å². The zero-order chi connectivity index (χ0) is 23.8. The Morgan fingerprint density at radius 2 is 1.82 bits per heavy atom. The van der Waals surface area contributed by atoms with Gasteiger partial charge in [0.1, 0.15) is 5.54 Å². The third-order valence-corrected chi connectivity index (χ3v) is 6.61. The van der Waals surface area contributed by atoms with Crippen LogP contribution in [-0.2, 0) is 10.3 Å². The predicted octanol–water partition coefficient (Wildman–Crippen LogP) is 2.49. The third kappa shape index (κ3) is 3.69. The number of amides is 3. The van der Waals surface area contributed by atoms with Gasteiger partial charge in [-0.3, -0.25) is 4.79 Å². The Labute approximate surface area is 192 Å². The van der Waals surface area contributed by atoms with Gasteiger partial charge in [0.25, 0.3) is 0 Å². The molecule has 0 saturated carbocycles. The SMILES string of the molecule is COc1ccc(NC(=O)N2CCC3=C(C2)N(C)C(C(N)=O)(c2ccccc2N)C3)cc1OC. The number of benzene rings is 2. The standard InChI is InChI=1S/C24H29N5O4/c1-28-19-14-29(23(31)27-16-8-9-20(32-2)21(12-16)33-3)11-10-15(19)13-24(28,22(26)30)17-6-4-5-7-18(17)25/h4-9,12H,10-11,13-14,25H2,1-3H3,(H2,26,30)(H,27,31). The molecule has 0 bridgehead atoms. The number of hydrogen-bond acceptors (Lipinski definition) is 6. The fourth-order valence-corrected chi connectivity index (χ4v) is 4.80. The second-order valence-electron chi connectivity index (χ2n) is 8.27. The van der Waals surface area contributed by atoms with Crippen molar-refractivity contribution in [2.24, 2.45) is 5.73 Å². The number of nitrogens with zero attached hydrogens (tertiary/aromatic N) is 2. The van der Waals surface area contributed by atoms with Crippen molar-refractivity contribution >= 4 is 23.3 Å². The van der Waals surface area contributed by atoms with Crippen LogP contribution >= 0.6 is 0 Å². The second kappa shape index (κ2) is 8.57.